The van der Waals surface area contributed by atoms with E-state index < -0.39 is 0 Å². The van der Waals surface area contributed by atoms with Gasteiger partial charge in [0.15, 0.2) is 17.5 Å². The molecule has 2 aliphatic rings. The summed E-state index contributed by atoms with van der Waals surface area (Å²) in [5, 5.41) is 4.50. The molecule has 53 heavy (non-hydrogen) atoms. The number of hydrogen-bond acceptors (Lipinski definition) is 4. The molecular formula is C49H31N3O. The quantitative estimate of drug-likeness (QED) is 0.182. The number of rotatable bonds is 5. The van der Waals surface area contributed by atoms with Gasteiger partial charge < -0.3 is 4.42 Å². The summed E-state index contributed by atoms with van der Waals surface area (Å²) < 4.78 is 6.50. The largest absolute Gasteiger partial charge is 0.456 e. The van der Waals surface area contributed by atoms with Crippen molar-refractivity contribution in [3.05, 3.63) is 175 Å². The summed E-state index contributed by atoms with van der Waals surface area (Å²) in [6.07, 6.45) is 9.73. The maximum Gasteiger partial charge on any atom is 0.165 e. The van der Waals surface area contributed by atoms with Gasteiger partial charge in [-0.2, -0.15) is 0 Å². The number of nitrogens with zero attached hydrogens (tertiary/aromatic N) is 3. The molecule has 2 aromatic heterocycles. The van der Waals surface area contributed by atoms with Crippen LogP contribution in [0.4, 0.5) is 0 Å². The van der Waals surface area contributed by atoms with Crippen LogP contribution in [0.2, 0.25) is 0 Å². The van der Waals surface area contributed by atoms with Crippen LogP contribution < -0.4 is 0 Å². The fourth-order valence-electron chi connectivity index (χ4n) is 8.36. The first-order valence-corrected chi connectivity index (χ1v) is 18.1. The Labute approximate surface area is 306 Å². The Bertz CT molecular complexity index is 2940. The molecule has 0 fully saturated rings. The molecule has 248 valence electrons. The lowest BCUT2D eigenvalue weighted by Crippen LogP contribution is -2.02. The number of allylic oxidation sites excluding steroid dienone is 4. The highest BCUT2D eigenvalue weighted by Gasteiger charge is 2.26. The molecule has 2 heterocycles. The van der Waals surface area contributed by atoms with E-state index in [1.165, 1.54) is 38.6 Å². The van der Waals surface area contributed by atoms with Gasteiger partial charge in [0.25, 0.3) is 0 Å². The predicted molar refractivity (Wildman–Crippen MR) is 216 cm³/mol. The Morgan fingerprint density at radius 3 is 1.87 bits per heavy atom. The Morgan fingerprint density at radius 2 is 1.08 bits per heavy atom. The minimum atomic E-state index is 0.364. The molecule has 0 aliphatic heterocycles. The van der Waals surface area contributed by atoms with Crippen LogP contribution in [0, 0.1) is 0 Å². The van der Waals surface area contributed by atoms with E-state index in [2.05, 4.69) is 140 Å². The van der Waals surface area contributed by atoms with Crippen molar-refractivity contribution >= 4 is 32.7 Å². The molecule has 7 aromatic carbocycles. The first kappa shape index (κ1) is 29.8. The molecule has 0 radical (unpaired) electrons. The molecule has 9 aromatic rings. The lowest BCUT2D eigenvalue weighted by Gasteiger charge is -2.16. The highest BCUT2D eigenvalue weighted by molar-refractivity contribution is 6.21. The molecule has 0 amide bonds. The van der Waals surface area contributed by atoms with Crippen molar-refractivity contribution in [2.45, 2.75) is 12.3 Å². The Morgan fingerprint density at radius 1 is 0.434 bits per heavy atom. The van der Waals surface area contributed by atoms with E-state index in [9.17, 15) is 0 Å². The zero-order valence-electron chi connectivity index (χ0n) is 28.7. The number of benzene rings is 7. The Kier molecular flexibility index (Phi) is 6.65. The van der Waals surface area contributed by atoms with Gasteiger partial charge in [0.1, 0.15) is 11.2 Å². The van der Waals surface area contributed by atoms with Crippen LogP contribution >= 0.6 is 0 Å². The maximum absolute atomic E-state index is 6.50. The summed E-state index contributed by atoms with van der Waals surface area (Å²) in [5.41, 5.74) is 13.0. The van der Waals surface area contributed by atoms with Crippen LogP contribution in [-0.2, 0) is 0 Å². The van der Waals surface area contributed by atoms with Crippen molar-refractivity contribution in [1.29, 1.82) is 0 Å². The lowest BCUT2D eigenvalue weighted by atomic mass is 9.89. The summed E-state index contributed by atoms with van der Waals surface area (Å²) in [6, 6.07) is 51.3. The summed E-state index contributed by atoms with van der Waals surface area (Å²) in [7, 11) is 0. The van der Waals surface area contributed by atoms with Crippen molar-refractivity contribution < 1.29 is 4.42 Å². The number of para-hydroxylation sites is 1. The summed E-state index contributed by atoms with van der Waals surface area (Å²) in [4.78, 5) is 15.7. The predicted octanol–water partition coefficient (Wildman–Crippen LogP) is 12.8. The zero-order valence-corrected chi connectivity index (χ0v) is 28.7. The normalized spacial score (nSPS) is 14.4. The third-order valence-corrected chi connectivity index (χ3v) is 10.9. The number of hydrogen-bond donors (Lipinski definition) is 0. The van der Waals surface area contributed by atoms with Gasteiger partial charge in [-0.25, -0.2) is 15.0 Å². The first-order chi connectivity index (χ1) is 26.3. The molecule has 1 atom stereocenters. The van der Waals surface area contributed by atoms with Gasteiger partial charge in [-0.15, -0.1) is 0 Å². The van der Waals surface area contributed by atoms with Gasteiger partial charge in [-0.1, -0.05) is 152 Å². The third kappa shape index (κ3) is 4.73. The molecule has 11 rings (SSSR count). The van der Waals surface area contributed by atoms with Crippen LogP contribution in [0.3, 0.4) is 0 Å². The molecule has 0 bridgehead atoms. The highest BCUT2D eigenvalue weighted by atomic mass is 16.3. The van der Waals surface area contributed by atoms with Crippen LogP contribution in [0.25, 0.3) is 100 Å². The van der Waals surface area contributed by atoms with Crippen molar-refractivity contribution in [1.82, 2.24) is 15.0 Å². The van der Waals surface area contributed by atoms with Crippen molar-refractivity contribution in [2.75, 3.05) is 0 Å². The van der Waals surface area contributed by atoms with Crippen LogP contribution in [-0.4, -0.2) is 15.0 Å². The smallest absolute Gasteiger partial charge is 0.165 e. The second kappa shape index (κ2) is 11.8. The van der Waals surface area contributed by atoms with E-state index in [-0.39, 0.29) is 0 Å². The summed E-state index contributed by atoms with van der Waals surface area (Å²) in [5.74, 6) is 2.23. The average Bonchev–Trinajstić information content (AvgIpc) is 3.78. The Balaban J connectivity index is 1.19. The minimum absolute atomic E-state index is 0.364. The maximum atomic E-state index is 6.50. The molecular weight excluding hydrogens is 647 g/mol. The molecule has 4 heteroatoms. The standard InChI is InChI=1S/C49H31N3O/c1-3-12-30(13-4-1)31-22-24-33(25-23-31)48-50-47(32-14-5-2-6-15-32)51-49(52-48)46-40(28-29-43-45(46)41-18-9-10-21-42(41)53-43)36-26-27-39-35-17-8-7-16-34(35)37-19-11-20-38(36)44(37)39/h1-12,14-30H,13H2. The van der Waals surface area contributed by atoms with Gasteiger partial charge in [-0.3, -0.25) is 0 Å². The van der Waals surface area contributed by atoms with Crippen molar-refractivity contribution in [2.24, 2.45) is 0 Å². The van der Waals surface area contributed by atoms with Gasteiger partial charge in [-0.05, 0) is 74.3 Å². The summed E-state index contributed by atoms with van der Waals surface area (Å²) >= 11 is 0. The fraction of sp³-hybridized carbons (Fsp3) is 0.0408. The van der Waals surface area contributed by atoms with Gasteiger partial charge in [0.05, 0.1) is 0 Å². The van der Waals surface area contributed by atoms with Gasteiger partial charge in [0, 0.05) is 33.4 Å². The van der Waals surface area contributed by atoms with Crippen LogP contribution in [0.1, 0.15) is 17.9 Å². The molecule has 1 unspecified atom stereocenters. The van der Waals surface area contributed by atoms with Gasteiger partial charge in [0.2, 0.25) is 0 Å². The van der Waals surface area contributed by atoms with E-state index in [1.807, 2.05) is 30.3 Å². The lowest BCUT2D eigenvalue weighted by molar-refractivity contribution is 0.669. The number of fused-ring (bicyclic) bond motifs is 6. The molecule has 4 nitrogen and oxygen atoms in total. The zero-order chi connectivity index (χ0) is 34.9. The first-order valence-electron chi connectivity index (χ1n) is 18.1. The molecule has 0 saturated heterocycles. The van der Waals surface area contributed by atoms with E-state index in [0.29, 0.717) is 23.4 Å². The van der Waals surface area contributed by atoms with Crippen LogP contribution in [0.15, 0.2) is 174 Å². The van der Waals surface area contributed by atoms with Crippen molar-refractivity contribution in [3.8, 4) is 67.5 Å². The SMILES string of the molecule is C1=CCC(c2ccc(-c3nc(-c4ccccc4)nc(-c4c(-c5ccc6c7c(cccc57)-c5ccccc5-6)ccc5oc6ccccc6c45)n3)cc2)C=C1. The highest BCUT2D eigenvalue weighted by Crippen LogP contribution is 2.51. The van der Waals surface area contributed by atoms with Gasteiger partial charge >= 0.3 is 0 Å². The van der Waals surface area contributed by atoms with E-state index in [4.69, 9.17) is 19.4 Å². The number of aromatic nitrogens is 3. The second-order valence-corrected chi connectivity index (χ2v) is 13.8. The topological polar surface area (TPSA) is 51.8 Å². The van der Waals surface area contributed by atoms with E-state index >= 15 is 0 Å². The third-order valence-electron chi connectivity index (χ3n) is 10.9. The van der Waals surface area contributed by atoms with Crippen molar-refractivity contribution in [3.63, 3.8) is 0 Å². The molecule has 0 N–H and O–H groups in total. The molecule has 0 saturated carbocycles. The fourth-order valence-corrected chi connectivity index (χ4v) is 8.36. The molecule has 2 aliphatic carbocycles. The summed E-state index contributed by atoms with van der Waals surface area (Å²) in [6.45, 7) is 0. The average molecular weight is 678 g/mol. The van der Waals surface area contributed by atoms with E-state index in [0.717, 1.165) is 56.2 Å². The minimum Gasteiger partial charge on any atom is -0.456 e. The second-order valence-electron chi connectivity index (χ2n) is 13.8. The number of furan rings is 1. The monoisotopic (exact) mass is 677 g/mol. The Hall–Kier alpha value is -6.91. The molecule has 0 spiro atoms. The van der Waals surface area contributed by atoms with E-state index in [1.54, 1.807) is 0 Å². The van der Waals surface area contributed by atoms with Crippen LogP contribution in [0.5, 0.6) is 0 Å².